The Balaban J connectivity index is 1.84. The average molecular weight is 338 g/mol. The first-order valence-electron chi connectivity index (χ1n) is 7.18. The van der Waals surface area contributed by atoms with Gasteiger partial charge in [-0.3, -0.25) is 0 Å². The Morgan fingerprint density at radius 3 is 2.87 bits per heavy atom. The average Bonchev–Trinajstić information content (AvgIpc) is 3.14. The van der Waals surface area contributed by atoms with Crippen LogP contribution in [0.5, 0.6) is 5.75 Å². The molecule has 1 aliphatic heterocycles. The molecule has 2 aromatic rings. The zero-order chi connectivity index (χ0) is 16.7. The van der Waals surface area contributed by atoms with Crippen LogP contribution >= 0.6 is 0 Å². The minimum atomic E-state index is -3.57. The summed E-state index contributed by atoms with van der Waals surface area (Å²) in [6.07, 6.45) is 0.714. The summed E-state index contributed by atoms with van der Waals surface area (Å²) in [6.45, 7) is 4.13. The first-order valence-corrected chi connectivity index (χ1v) is 8.84. The van der Waals surface area contributed by atoms with E-state index >= 15 is 0 Å². The van der Waals surface area contributed by atoms with Gasteiger partial charge in [0, 0.05) is 13.5 Å². The van der Waals surface area contributed by atoms with E-state index in [1.54, 1.807) is 26.0 Å². The smallest absolute Gasteiger partial charge is 0.242 e. The van der Waals surface area contributed by atoms with Gasteiger partial charge in [0.15, 0.2) is 9.84 Å². The molecule has 0 aliphatic carbocycles. The summed E-state index contributed by atoms with van der Waals surface area (Å²) in [4.78, 5) is 4.36. The Morgan fingerprint density at radius 1 is 1.35 bits per heavy atom. The van der Waals surface area contributed by atoms with Gasteiger partial charge in [0.25, 0.3) is 0 Å². The Bertz CT molecular complexity index is 826. The van der Waals surface area contributed by atoms with Gasteiger partial charge in [-0.15, -0.1) is 0 Å². The van der Waals surface area contributed by atoms with Crippen LogP contribution in [0.4, 0.5) is 0 Å². The zero-order valence-electron chi connectivity index (χ0n) is 13.2. The fraction of sp³-hybridized carbons (Fsp3) is 0.467. The summed E-state index contributed by atoms with van der Waals surface area (Å²) in [5, 5.41) is 3.80. The summed E-state index contributed by atoms with van der Waals surface area (Å²) in [5.74, 6) is 0.750. The van der Waals surface area contributed by atoms with Gasteiger partial charge in [-0.05, 0) is 37.6 Å². The lowest BCUT2D eigenvalue weighted by molar-refractivity contribution is 0.00973. The SMILES string of the molecule is COC(C)(C)c1noc(CS(=O)(=O)c2ccc3c(c2)CCO3)n1. The Kier molecular flexibility index (Phi) is 3.89. The van der Waals surface area contributed by atoms with Crippen molar-refractivity contribution in [2.24, 2.45) is 0 Å². The molecule has 0 saturated heterocycles. The van der Waals surface area contributed by atoms with Crippen molar-refractivity contribution >= 4 is 9.84 Å². The highest BCUT2D eigenvalue weighted by atomic mass is 32.2. The minimum Gasteiger partial charge on any atom is -0.493 e. The van der Waals surface area contributed by atoms with Gasteiger partial charge in [0.2, 0.25) is 11.7 Å². The second-order valence-electron chi connectivity index (χ2n) is 5.85. The molecule has 0 fully saturated rings. The van der Waals surface area contributed by atoms with Crippen molar-refractivity contribution in [2.75, 3.05) is 13.7 Å². The molecule has 1 aromatic heterocycles. The van der Waals surface area contributed by atoms with Gasteiger partial charge in [-0.2, -0.15) is 4.98 Å². The summed E-state index contributed by atoms with van der Waals surface area (Å²) in [5.41, 5.74) is 0.161. The van der Waals surface area contributed by atoms with Gasteiger partial charge in [-0.1, -0.05) is 5.16 Å². The van der Waals surface area contributed by atoms with Crippen LogP contribution in [0.15, 0.2) is 27.6 Å². The molecular weight excluding hydrogens is 320 g/mol. The lowest BCUT2D eigenvalue weighted by Crippen LogP contribution is -2.21. The summed E-state index contributed by atoms with van der Waals surface area (Å²) in [7, 11) is -2.04. The molecule has 0 N–H and O–H groups in total. The quantitative estimate of drug-likeness (QED) is 0.821. The monoisotopic (exact) mass is 338 g/mol. The van der Waals surface area contributed by atoms with Crippen molar-refractivity contribution in [3.8, 4) is 5.75 Å². The molecule has 23 heavy (non-hydrogen) atoms. The van der Waals surface area contributed by atoms with E-state index in [1.807, 2.05) is 0 Å². The molecule has 8 heteroatoms. The molecule has 3 rings (SSSR count). The van der Waals surface area contributed by atoms with Gasteiger partial charge >= 0.3 is 0 Å². The maximum absolute atomic E-state index is 12.5. The summed E-state index contributed by atoms with van der Waals surface area (Å²) >= 11 is 0. The molecule has 0 amide bonds. The molecule has 0 spiro atoms. The number of sulfone groups is 1. The van der Waals surface area contributed by atoms with E-state index in [0.29, 0.717) is 18.9 Å². The topological polar surface area (TPSA) is 91.5 Å². The van der Waals surface area contributed by atoms with Gasteiger partial charge in [0.1, 0.15) is 17.1 Å². The molecule has 2 heterocycles. The number of benzene rings is 1. The maximum Gasteiger partial charge on any atom is 0.242 e. The lowest BCUT2D eigenvalue weighted by Gasteiger charge is -2.17. The van der Waals surface area contributed by atoms with Crippen LogP contribution in [0.25, 0.3) is 0 Å². The number of fused-ring (bicyclic) bond motifs is 1. The molecule has 0 radical (unpaired) electrons. The molecule has 0 unspecified atom stereocenters. The molecule has 7 nitrogen and oxygen atoms in total. The van der Waals surface area contributed by atoms with Gasteiger partial charge in [-0.25, -0.2) is 8.42 Å². The number of ether oxygens (including phenoxy) is 2. The maximum atomic E-state index is 12.5. The van der Waals surface area contributed by atoms with Crippen molar-refractivity contribution in [2.45, 2.75) is 36.5 Å². The summed E-state index contributed by atoms with van der Waals surface area (Å²) < 4.78 is 40.8. The van der Waals surface area contributed by atoms with Crippen molar-refractivity contribution in [3.63, 3.8) is 0 Å². The normalized spacial score (nSPS) is 14.6. The van der Waals surface area contributed by atoms with Crippen LogP contribution < -0.4 is 4.74 Å². The fourth-order valence-corrected chi connectivity index (χ4v) is 3.46. The van der Waals surface area contributed by atoms with E-state index in [-0.39, 0.29) is 16.5 Å². The Morgan fingerprint density at radius 2 is 2.13 bits per heavy atom. The van der Waals surface area contributed by atoms with Crippen LogP contribution in [-0.4, -0.2) is 32.3 Å². The first kappa shape index (κ1) is 15.9. The molecule has 0 saturated carbocycles. The van der Waals surface area contributed by atoms with E-state index in [1.165, 1.54) is 13.2 Å². The number of rotatable bonds is 5. The van der Waals surface area contributed by atoms with Crippen LogP contribution in [0.3, 0.4) is 0 Å². The number of hydrogen-bond acceptors (Lipinski definition) is 7. The predicted molar refractivity (Wildman–Crippen MR) is 80.9 cm³/mol. The van der Waals surface area contributed by atoms with Crippen molar-refractivity contribution < 1.29 is 22.4 Å². The minimum absolute atomic E-state index is 0.0434. The second kappa shape index (κ2) is 5.61. The standard InChI is InChI=1S/C15H18N2O5S/c1-15(2,20-3)14-16-13(22-17-14)9-23(18,19)11-4-5-12-10(8-11)6-7-21-12/h4-5,8H,6-7,9H2,1-3H3. The van der Waals surface area contributed by atoms with E-state index in [9.17, 15) is 8.42 Å². The molecular formula is C15H18N2O5S. The number of nitrogens with zero attached hydrogens (tertiary/aromatic N) is 2. The van der Waals surface area contributed by atoms with E-state index in [4.69, 9.17) is 14.0 Å². The molecule has 1 aromatic carbocycles. The van der Waals surface area contributed by atoms with Crippen molar-refractivity contribution in [3.05, 3.63) is 35.5 Å². The number of hydrogen-bond donors (Lipinski definition) is 0. The first-order chi connectivity index (χ1) is 10.8. The van der Waals surface area contributed by atoms with E-state index in [0.717, 1.165) is 11.3 Å². The largest absolute Gasteiger partial charge is 0.493 e. The Hall–Kier alpha value is -1.93. The van der Waals surface area contributed by atoms with Crippen molar-refractivity contribution in [1.82, 2.24) is 10.1 Å². The predicted octanol–water partition coefficient (Wildman–Crippen LogP) is 1.86. The highest BCUT2D eigenvalue weighted by Gasteiger charge is 2.28. The fourth-order valence-electron chi connectivity index (χ4n) is 2.25. The Labute approximate surface area is 134 Å². The van der Waals surface area contributed by atoms with Crippen LogP contribution in [0.2, 0.25) is 0 Å². The number of aromatic nitrogens is 2. The van der Waals surface area contributed by atoms with Gasteiger partial charge in [0.05, 0.1) is 11.5 Å². The number of methoxy groups -OCH3 is 1. The van der Waals surface area contributed by atoms with E-state index in [2.05, 4.69) is 10.1 Å². The third kappa shape index (κ3) is 3.09. The van der Waals surface area contributed by atoms with Crippen LogP contribution in [0.1, 0.15) is 31.1 Å². The molecule has 0 bridgehead atoms. The van der Waals surface area contributed by atoms with Crippen LogP contribution in [0, 0.1) is 0 Å². The molecule has 0 atom stereocenters. The third-order valence-corrected chi connectivity index (χ3v) is 5.45. The highest BCUT2D eigenvalue weighted by molar-refractivity contribution is 7.90. The summed E-state index contributed by atoms with van der Waals surface area (Å²) in [6, 6.07) is 4.87. The third-order valence-electron chi connectivity index (χ3n) is 3.85. The zero-order valence-corrected chi connectivity index (χ0v) is 14.0. The van der Waals surface area contributed by atoms with Gasteiger partial charge < -0.3 is 14.0 Å². The highest BCUT2D eigenvalue weighted by Crippen LogP contribution is 2.29. The molecule has 124 valence electrons. The van der Waals surface area contributed by atoms with E-state index < -0.39 is 15.4 Å². The molecule has 1 aliphatic rings. The van der Waals surface area contributed by atoms with Crippen molar-refractivity contribution in [1.29, 1.82) is 0 Å². The van der Waals surface area contributed by atoms with Crippen LogP contribution in [-0.2, 0) is 32.3 Å². The second-order valence-corrected chi connectivity index (χ2v) is 7.84. The lowest BCUT2D eigenvalue weighted by atomic mass is 10.1.